The van der Waals surface area contributed by atoms with E-state index in [2.05, 4.69) is 0 Å². The molecule has 0 aromatic heterocycles. The number of nitrogens with zero attached hydrogens (tertiary/aromatic N) is 1. The van der Waals surface area contributed by atoms with Gasteiger partial charge in [-0.15, -0.1) is 0 Å². The summed E-state index contributed by atoms with van der Waals surface area (Å²) < 4.78 is 22.3. The van der Waals surface area contributed by atoms with Crippen LogP contribution in [-0.2, 0) is 10.9 Å². The van der Waals surface area contributed by atoms with Crippen LogP contribution < -0.4 is 9.77 Å². The van der Waals surface area contributed by atoms with Crippen LogP contribution in [0.3, 0.4) is 0 Å². The maximum absolute atomic E-state index is 10.5. The maximum atomic E-state index is 10.5. The second-order valence-electron chi connectivity index (χ2n) is 2.60. The number of hydrogen-bond acceptors (Lipinski definition) is 2. The van der Waals surface area contributed by atoms with E-state index in [1.165, 1.54) is 11.4 Å². The highest BCUT2D eigenvalue weighted by Crippen LogP contribution is 2.08. The first-order valence-corrected chi connectivity index (χ1v) is 4.69. The summed E-state index contributed by atoms with van der Waals surface area (Å²) in [5.74, 6) is 0. The smallest absolute Gasteiger partial charge is 0.224 e. The van der Waals surface area contributed by atoms with Gasteiger partial charge in [0.15, 0.2) is 0 Å². The van der Waals surface area contributed by atoms with Crippen molar-refractivity contribution in [2.45, 2.75) is 0 Å². The standard InChI is InChI=1S/C7H10BNO2S.2H2O/c1-9(12(10)11)7-4-2-6(8)3-5-7;;/h2-5,12H,8H2,1H3;2*1H2. The molecular formula is C7H14BNO4S. The predicted octanol–water partition coefficient (Wildman–Crippen LogP) is -2.74. The van der Waals surface area contributed by atoms with Crippen LogP contribution in [0.2, 0.25) is 0 Å². The first-order valence-electron chi connectivity index (χ1n) is 3.56. The lowest BCUT2D eigenvalue weighted by atomic mass is 9.96. The van der Waals surface area contributed by atoms with Crippen molar-refractivity contribution < 1.29 is 19.4 Å². The SMILES string of the molecule is Bc1ccc(N(C)[SH](=O)=O)cc1.O.O. The normalized spacial score (nSPS) is 8.71. The summed E-state index contributed by atoms with van der Waals surface area (Å²) in [5.41, 5.74) is 1.81. The van der Waals surface area contributed by atoms with Gasteiger partial charge in [-0.1, -0.05) is 17.6 Å². The number of benzene rings is 1. The molecule has 0 aliphatic carbocycles. The van der Waals surface area contributed by atoms with Crippen LogP contribution in [0.25, 0.3) is 0 Å². The molecule has 0 amide bonds. The van der Waals surface area contributed by atoms with Crippen molar-refractivity contribution in [1.82, 2.24) is 0 Å². The van der Waals surface area contributed by atoms with Crippen LogP contribution in [0.1, 0.15) is 0 Å². The van der Waals surface area contributed by atoms with E-state index in [1.54, 1.807) is 12.1 Å². The Morgan fingerprint density at radius 2 is 1.57 bits per heavy atom. The summed E-state index contributed by atoms with van der Waals surface area (Å²) in [7, 11) is 0.969. The molecule has 0 atom stereocenters. The molecule has 1 rings (SSSR count). The average Bonchev–Trinajstić information content (AvgIpc) is 2.04. The molecular weight excluding hydrogens is 205 g/mol. The third-order valence-electron chi connectivity index (χ3n) is 1.65. The van der Waals surface area contributed by atoms with Gasteiger partial charge in [-0.25, -0.2) is 8.42 Å². The van der Waals surface area contributed by atoms with Gasteiger partial charge in [0.25, 0.3) is 0 Å². The molecule has 4 N–H and O–H groups in total. The number of anilines is 1. The highest BCUT2D eigenvalue weighted by atomic mass is 32.2. The minimum Gasteiger partial charge on any atom is -0.412 e. The fourth-order valence-electron chi connectivity index (χ4n) is 0.855. The Labute approximate surface area is 85.5 Å². The quantitative estimate of drug-likeness (QED) is 0.431. The first-order chi connectivity index (χ1) is 5.61. The van der Waals surface area contributed by atoms with Gasteiger partial charge < -0.3 is 11.0 Å². The second kappa shape index (κ2) is 6.42. The van der Waals surface area contributed by atoms with Gasteiger partial charge in [-0.3, -0.25) is 4.31 Å². The predicted molar refractivity (Wildman–Crippen MR) is 60.6 cm³/mol. The monoisotopic (exact) mass is 219 g/mol. The minimum absolute atomic E-state index is 0. The van der Waals surface area contributed by atoms with E-state index in [1.807, 2.05) is 20.0 Å². The molecule has 0 saturated carbocycles. The van der Waals surface area contributed by atoms with E-state index in [4.69, 9.17) is 0 Å². The average molecular weight is 219 g/mol. The van der Waals surface area contributed by atoms with Gasteiger partial charge >= 0.3 is 0 Å². The summed E-state index contributed by atoms with van der Waals surface area (Å²) in [6.45, 7) is 0. The zero-order valence-corrected chi connectivity index (χ0v) is 8.91. The van der Waals surface area contributed by atoms with E-state index in [0.29, 0.717) is 5.69 Å². The van der Waals surface area contributed by atoms with Crippen LogP contribution in [0.4, 0.5) is 5.69 Å². The third-order valence-corrected chi connectivity index (χ3v) is 2.37. The topological polar surface area (TPSA) is 100 Å². The summed E-state index contributed by atoms with van der Waals surface area (Å²) in [6.07, 6.45) is 0. The number of hydrogen-bond donors (Lipinski definition) is 1. The Morgan fingerprint density at radius 3 is 1.93 bits per heavy atom. The summed E-state index contributed by atoms with van der Waals surface area (Å²) >= 11 is 0. The molecule has 1 aromatic rings. The van der Waals surface area contributed by atoms with Crippen molar-refractivity contribution in [2.24, 2.45) is 0 Å². The highest BCUT2D eigenvalue weighted by Gasteiger charge is 1.99. The first kappa shape index (κ1) is 15.4. The number of thiol groups is 1. The highest BCUT2D eigenvalue weighted by molar-refractivity contribution is 7.74. The molecule has 1 aromatic carbocycles. The van der Waals surface area contributed by atoms with Crippen LogP contribution in [0.15, 0.2) is 24.3 Å². The maximum Gasteiger partial charge on any atom is 0.224 e. The molecule has 7 heteroatoms. The molecule has 0 aliphatic rings. The van der Waals surface area contributed by atoms with Gasteiger partial charge in [0.05, 0.1) is 5.69 Å². The van der Waals surface area contributed by atoms with Crippen LogP contribution in [-0.4, -0.2) is 34.3 Å². The van der Waals surface area contributed by atoms with Crippen molar-refractivity contribution in [3.05, 3.63) is 24.3 Å². The van der Waals surface area contributed by atoms with E-state index in [0.717, 1.165) is 5.46 Å². The summed E-state index contributed by atoms with van der Waals surface area (Å²) in [5, 5.41) is 0. The molecule has 0 heterocycles. The second-order valence-corrected chi connectivity index (χ2v) is 3.67. The zero-order chi connectivity index (χ0) is 9.14. The van der Waals surface area contributed by atoms with Gasteiger partial charge in [-0.2, -0.15) is 0 Å². The fourth-order valence-corrected chi connectivity index (χ4v) is 1.18. The number of rotatable bonds is 2. The van der Waals surface area contributed by atoms with Crippen LogP contribution >= 0.6 is 0 Å². The Balaban J connectivity index is 0. The lowest BCUT2D eigenvalue weighted by Crippen LogP contribution is -2.14. The molecule has 0 unspecified atom stereocenters. The third kappa shape index (κ3) is 3.78. The molecule has 80 valence electrons. The molecule has 0 aliphatic heterocycles. The lowest BCUT2D eigenvalue weighted by molar-refractivity contribution is 0.613. The zero-order valence-electron chi connectivity index (χ0n) is 8.02. The molecule has 5 nitrogen and oxygen atoms in total. The van der Waals surface area contributed by atoms with Crippen LogP contribution in [0.5, 0.6) is 0 Å². The molecule has 0 radical (unpaired) electrons. The van der Waals surface area contributed by atoms with Crippen molar-refractivity contribution >= 4 is 29.9 Å². The lowest BCUT2D eigenvalue weighted by Gasteiger charge is -2.10. The van der Waals surface area contributed by atoms with E-state index in [9.17, 15) is 8.42 Å². The van der Waals surface area contributed by atoms with Gasteiger partial charge in [0.2, 0.25) is 10.9 Å². The van der Waals surface area contributed by atoms with Crippen molar-refractivity contribution in [3.63, 3.8) is 0 Å². The van der Waals surface area contributed by atoms with Crippen molar-refractivity contribution in [3.8, 4) is 0 Å². The van der Waals surface area contributed by atoms with Crippen molar-refractivity contribution in [1.29, 1.82) is 0 Å². The molecule has 0 bridgehead atoms. The van der Waals surface area contributed by atoms with Gasteiger partial charge in [0, 0.05) is 7.05 Å². The Kier molecular flexibility index (Phi) is 7.07. The van der Waals surface area contributed by atoms with E-state index < -0.39 is 10.9 Å². The van der Waals surface area contributed by atoms with Gasteiger partial charge in [-0.05, 0) is 12.1 Å². The molecule has 14 heavy (non-hydrogen) atoms. The van der Waals surface area contributed by atoms with Gasteiger partial charge in [0.1, 0.15) is 7.85 Å². The van der Waals surface area contributed by atoms with Crippen LogP contribution in [0, 0.1) is 0 Å². The fraction of sp³-hybridized carbons (Fsp3) is 0.143. The molecule has 0 saturated heterocycles. The summed E-state index contributed by atoms with van der Waals surface area (Å²) in [6, 6.07) is 7.32. The van der Waals surface area contributed by atoms with Crippen molar-refractivity contribution in [2.75, 3.05) is 11.4 Å². The van der Waals surface area contributed by atoms with E-state index in [-0.39, 0.29) is 11.0 Å². The largest absolute Gasteiger partial charge is 0.412 e. The Morgan fingerprint density at radius 1 is 1.14 bits per heavy atom. The molecule has 0 fully saturated rings. The minimum atomic E-state index is -2.51. The Bertz CT molecular complexity index is 330. The Hall–Kier alpha value is -1.05. The summed E-state index contributed by atoms with van der Waals surface area (Å²) in [4.78, 5) is 0. The van der Waals surface area contributed by atoms with E-state index >= 15 is 0 Å². The molecule has 0 spiro atoms.